The summed E-state index contributed by atoms with van der Waals surface area (Å²) in [6.07, 6.45) is -0.379. The molecule has 1 amide bonds. The van der Waals surface area contributed by atoms with Gasteiger partial charge in [0.15, 0.2) is 0 Å². The SMILES string of the molecule is COc1cccc(N2C[C@H](c3nc4ccccc4n3C[C@H](O)COc3ccc(C)cc3)CC2=O)c1. The van der Waals surface area contributed by atoms with Gasteiger partial charge >= 0.3 is 0 Å². The van der Waals surface area contributed by atoms with Crippen molar-refractivity contribution in [1.29, 1.82) is 0 Å². The van der Waals surface area contributed by atoms with E-state index < -0.39 is 6.10 Å². The van der Waals surface area contributed by atoms with E-state index in [2.05, 4.69) is 0 Å². The van der Waals surface area contributed by atoms with Gasteiger partial charge in [-0.15, -0.1) is 0 Å². The number of carbonyl (C=O) groups is 1. The van der Waals surface area contributed by atoms with Crippen LogP contribution in [0.3, 0.4) is 0 Å². The van der Waals surface area contributed by atoms with Crippen LogP contribution in [0.5, 0.6) is 11.5 Å². The van der Waals surface area contributed by atoms with Gasteiger partial charge < -0.3 is 24.0 Å². The van der Waals surface area contributed by atoms with Crippen LogP contribution < -0.4 is 14.4 Å². The molecule has 1 fully saturated rings. The molecule has 35 heavy (non-hydrogen) atoms. The number of fused-ring (bicyclic) bond motifs is 1. The molecule has 180 valence electrons. The van der Waals surface area contributed by atoms with Gasteiger partial charge in [0, 0.05) is 30.6 Å². The van der Waals surface area contributed by atoms with Crippen molar-refractivity contribution in [2.24, 2.45) is 0 Å². The van der Waals surface area contributed by atoms with Crippen LogP contribution in [-0.4, -0.2) is 46.9 Å². The summed E-state index contributed by atoms with van der Waals surface area (Å²) in [4.78, 5) is 19.6. The summed E-state index contributed by atoms with van der Waals surface area (Å²) in [6, 6.07) is 23.2. The number of nitrogens with zero attached hydrogens (tertiary/aromatic N) is 3. The Balaban J connectivity index is 1.37. The third-order valence-electron chi connectivity index (χ3n) is 6.40. The second-order valence-electron chi connectivity index (χ2n) is 8.95. The predicted octanol–water partition coefficient (Wildman–Crippen LogP) is 4.31. The van der Waals surface area contributed by atoms with Crippen LogP contribution in [0, 0.1) is 6.92 Å². The number of methoxy groups -OCH3 is 1. The first-order valence-corrected chi connectivity index (χ1v) is 11.8. The number of ether oxygens (including phenoxy) is 2. The van der Waals surface area contributed by atoms with E-state index in [9.17, 15) is 9.90 Å². The largest absolute Gasteiger partial charge is 0.497 e. The number of anilines is 1. The normalized spacial score (nSPS) is 16.6. The Morgan fingerprint density at radius 2 is 1.86 bits per heavy atom. The number of imidazole rings is 1. The van der Waals surface area contributed by atoms with Gasteiger partial charge in [-0.25, -0.2) is 4.98 Å². The van der Waals surface area contributed by atoms with Crippen molar-refractivity contribution >= 4 is 22.6 Å². The van der Waals surface area contributed by atoms with Crippen molar-refractivity contribution in [3.63, 3.8) is 0 Å². The Bertz CT molecular complexity index is 1330. The molecule has 0 bridgehead atoms. The number of aliphatic hydroxyl groups excluding tert-OH is 1. The molecular weight excluding hydrogens is 442 g/mol. The molecule has 7 nitrogen and oxygen atoms in total. The van der Waals surface area contributed by atoms with E-state index in [1.807, 2.05) is 84.3 Å². The van der Waals surface area contributed by atoms with Gasteiger partial charge in [-0.3, -0.25) is 4.79 Å². The van der Waals surface area contributed by atoms with Crippen molar-refractivity contribution in [2.45, 2.75) is 31.9 Å². The topological polar surface area (TPSA) is 76.8 Å². The maximum Gasteiger partial charge on any atom is 0.227 e. The van der Waals surface area contributed by atoms with Gasteiger partial charge in [-0.1, -0.05) is 35.9 Å². The standard InChI is InChI=1S/C28H29N3O4/c1-19-10-12-23(13-11-19)35-18-22(32)17-31-26-9-4-3-8-25(26)29-28(31)20-14-27(33)30(16-20)21-6-5-7-24(15-21)34-2/h3-13,15,20,22,32H,14,16-18H2,1-2H3/t20-,22+/m1/s1. The van der Waals surface area contributed by atoms with E-state index in [1.54, 1.807) is 12.0 Å². The van der Waals surface area contributed by atoms with E-state index in [1.165, 1.54) is 0 Å². The highest BCUT2D eigenvalue weighted by Gasteiger charge is 2.35. The second kappa shape index (κ2) is 9.80. The summed E-state index contributed by atoms with van der Waals surface area (Å²) in [6.45, 7) is 3.03. The third kappa shape index (κ3) is 4.86. The Labute approximate surface area is 204 Å². The average Bonchev–Trinajstić information content (AvgIpc) is 3.44. The van der Waals surface area contributed by atoms with Gasteiger partial charge in [-0.2, -0.15) is 0 Å². The zero-order valence-electron chi connectivity index (χ0n) is 19.9. The minimum absolute atomic E-state index is 0.0464. The predicted molar refractivity (Wildman–Crippen MR) is 135 cm³/mol. The summed E-state index contributed by atoms with van der Waals surface area (Å²) < 4.78 is 13.2. The van der Waals surface area contributed by atoms with Crippen LogP contribution in [0.15, 0.2) is 72.8 Å². The number of aromatic nitrogens is 2. The molecule has 1 N–H and O–H groups in total. The van der Waals surface area contributed by atoms with Crippen molar-refractivity contribution in [3.05, 3.63) is 84.2 Å². The first kappa shape index (κ1) is 22.9. The van der Waals surface area contributed by atoms with E-state index in [0.717, 1.165) is 33.9 Å². The second-order valence-corrected chi connectivity index (χ2v) is 8.95. The fourth-order valence-electron chi connectivity index (χ4n) is 4.60. The number of hydrogen-bond acceptors (Lipinski definition) is 5. The zero-order chi connectivity index (χ0) is 24.4. The van der Waals surface area contributed by atoms with E-state index in [0.29, 0.717) is 25.3 Å². The quantitative estimate of drug-likeness (QED) is 0.414. The highest BCUT2D eigenvalue weighted by Crippen LogP contribution is 2.34. The van der Waals surface area contributed by atoms with Gasteiger partial charge in [0.05, 0.1) is 24.7 Å². The summed E-state index contributed by atoms with van der Waals surface area (Å²) in [5.74, 6) is 2.19. The molecule has 5 rings (SSSR count). The summed E-state index contributed by atoms with van der Waals surface area (Å²) in [7, 11) is 1.62. The molecule has 4 aromatic rings. The lowest BCUT2D eigenvalue weighted by Gasteiger charge is -2.19. The van der Waals surface area contributed by atoms with Crippen LogP contribution in [0.4, 0.5) is 5.69 Å². The maximum atomic E-state index is 13.0. The Morgan fingerprint density at radius 1 is 1.06 bits per heavy atom. The van der Waals surface area contributed by atoms with Crippen LogP contribution in [0.25, 0.3) is 11.0 Å². The van der Waals surface area contributed by atoms with Crippen LogP contribution in [0.2, 0.25) is 0 Å². The first-order chi connectivity index (χ1) is 17.0. The Kier molecular flexibility index (Phi) is 6.42. The highest BCUT2D eigenvalue weighted by molar-refractivity contribution is 5.96. The van der Waals surface area contributed by atoms with E-state index >= 15 is 0 Å². The molecule has 0 saturated carbocycles. The number of para-hydroxylation sites is 2. The number of aryl methyl sites for hydroxylation is 1. The summed E-state index contributed by atoms with van der Waals surface area (Å²) in [5.41, 5.74) is 3.75. The van der Waals surface area contributed by atoms with Crippen molar-refractivity contribution in [2.75, 3.05) is 25.2 Å². The molecule has 0 radical (unpaired) electrons. The maximum absolute atomic E-state index is 13.0. The van der Waals surface area contributed by atoms with E-state index in [-0.39, 0.29) is 18.4 Å². The minimum Gasteiger partial charge on any atom is -0.497 e. The Hall–Kier alpha value is -3.84. The molecule has 0 unspecified atom stereocenters. The van der Waals surface area contributed by atoms with Gasteiger partial charge in [-0.05, 0) is 43.3 Å². The van der Waals surface area contributed by atoms with Gasteiger partial charge in [0.2, 0.25) is 5.91 Å². The molecule has 1 aliphatic heterocycles. The van der Waals surface area contributed by atoms with Crippen LogP contribution in [0.1, 0.15) is 23.7 Å². The molecule has 7 heteroatoms. The molecular formula is C28H29N3O4. The summed E-state index contributed by atoms with van der Waals surface area (Å²) in [5, 5.41) is 10.8. The minimum atomic E-state index is -0.737. The highest BCUT2D eigenvalue weighted by atomic mass is 16.5. The van der Waals surface area contributed by atoms with Gasteiger partial charge in [0.1, 0.15) is 30.0 Å². The van der Waals surface area contributed by atoms with Crippen LogP contribution >= 0.6 is 0 Å². The van der Waals surface area contributed by atoms with Crippen molar-refractivity contribution in [3.8, 4) is 11.5 Å². The Morgan fingerprint density at radius 3 is 2.66 bits per heavy atom. The molecule has 0 spiro atoms. The number of aliphatic hydroxyl groups is 1. The molecule has 1 aliphatic rings. The number of amides is 1. The smallest absolute Gasteiger partial charge is 0.227 e. The molecule has 0 aliphatic carbocycles. The fraction of sp³-hybridized carbons (Fsp3) is 0.286. The summed E-state index contributed by atoms with van der Waals surface area (Å²) >= 11 is 0. The molecule has 1 aromatic heterocycles. The molecule has 1 saturated heterocycles. The lowest BCUT2D eigenvalue weighted by Crippen LogP contribution is -2.26. The number of rotatable bonds is 8. The molecule has 2 heterocycles. The average molecular weight is 472 g/mol. The lowest BCUT2D eigenvalue weighted by molar-refractivity contribution is -0.117. The number of hydrogen-bond donors (Lipinski definition) is 1. The first-order valence-electron chi connectivity index (χ1n) is 11.8. The van der Waals surface area contributed by atoms with Crippen molar-refractivity contribution < 1.29 is 19.4 Å². The van der Waals surface area contributed by atoms with Gasteiger partial charge in [0.25, 0.3) is 0 Å². The molecule has 2 atom stereocenters. The van der Waals surface area contributed by atoms with Crippen molar-refractivity contribution in [1.82, 2.24) is 9.55 Å². The number of benzene rings is 3. The zero-order valence-corrected chi connectivity index (χ0v) is 19.9. The number of carbonyl (C=O) groups excluding carboxylic acids is 1. The van der Waals surface area contributed by atoms with E-state index in [4.69, 9.17) is 14.5 Å². The molecule has 3 aromatic carbocycles. The fourth-order valence-corrected chi connectivity index (χ4v) is 4.60. The third-order valence-corrected chi connectivity index (χ3v) is 6.40. The van der Waals surface area contributed by atoms with Crippen LogP contribution in [-0.2, 0) is 11.3 Å². The monoisotopic (exact) mass is 471 g/mol. The lowest BCUT2D eigenvalue weighted by atomic mass is 10.1.